The highest BCUT2D eigenvalue weighted by molar-refractivity contribution is 9.10. The molecule has 0 saturated heterocycles. The molecular formula is C16H13BrN2OS2. The Labute approximate surface area is 146 Å². The molecule has 2 heterocycles. The van der Waals surface area contributed by atoms with Crippen LogP contribution in [0.4, 0.5) is 0 Å². The molecule has 1 aliphatic heterocycles. The number of benzene rings is 1. The first-order valence-electron chi connectivity index (χ1n) is 6.68. The summed E-state index contributed by atoms with van der Waals surface area (Å²) in [6, 6.07) is 11.6. The maximum absolute atomic E-state index is 12.3. The van der Waals surface area contributed by atoms with E-state index in [-0.39, 0.29) is 11.8 Å². The average Bonchev–Trinajstić information content (AvgIpc) is 2.93. The molecule has 0 aliphatic carbocycles. The Hall–Kier alpha value is -1.50. The minimum Gasteiger partial charge on any atom is -0.350 e. The fourth-order valence-corrected chi connectivity index (χ4v) is 4.19. The van der Waals surface area contributed by atoms with Crippen molar-refractivity contribution in [1.82, 2.24) is 10.6 Å². The summed E-state index contributed by atoms with van der Waals surface area (Å²) in [4.78, 5) is 13.3. The summed E-state index contributed by atoms with van der Waals surface area (Å²) in [6.45, 7) is 1.59. The van der Waals surface area contributed by atoms with E-state index in [2.05, 4.69) is 26.6 Å². The van der Waals surface area contributed by atoms with E-state index in [4.69, 9.17) is 12.2 Å². The van der Waals surface area contributed by atoms with Crippen LogP contribution in [0.2, 0.25) is 0 Å². The molecule has 0 spiro atoms. The second-order valence-electron chi connectivity index (χ2n) is 4.91. The van der Waals surface area contributed by atoms with Gasteiger partial charge in [-0.05, 0) is 46.7 Å². The number of Topliss-reactive ketones (excluding diaryl/α,β-unsaturated/α-hetero) is 1. The zero-order chi connectivity index (χ0) is 15.7. The highest BCUT2D eigenvalue weighted by Gasteiger charge is 2.30. The summed E-state index contributed by atoms with van der Waals surface area (Å²) in [5, 5.41) is 8.88. The van der Waals surface area contributed by atoms with E-state index in [1.807, 2.05) is 41.8 Å². The van der Waals surface area contributed by atoms with Gasteiger partial charge in [0.1, 0.15) is 0 Å². The van der Waals surface area contributed by atoms with Crippen LogP contribution in [0.5, 0.6) is 0 Å². The van der Waals surface area contributed by atoms with E-state index >= 15 is 0 Å². The topological polar surface area (TPSA) is 41.1 Å². The summed E-state index contributed by atoms with van der Waals surface area (Å²) in [5.41, 5.74) is 2.44. The molecule has 0 saturated carbocycles. The quantitative estimate of drug-likeness (QED) is 0.773. The molecule has 0 bridgehead atoms. The molecule has 0 radical (unpaired) electrons. The smallest absolute Gasteiger partial charge is 0.171 e. The van der Waals surface area contributed by atoms with Gasteiger partial charge in [0, 0.05) is 20.3 Å². The molecule has 112 valence electrons. The van der Waals surface area contributed by atoms with Crippen LogP contribution in [-0.2, 0) is 4.79 Å². The number of hydrogen-bond donors (Lipinski definition) is 2. The predicted molar refractivity (Wildman–Crippen MR) is 97.7 cm³/mol. The number of halogens is 1. The van der Waals surface area contributed by atoms with Crippen LogP contribution in [0.3, 0.4) is 0 Å². The zero-order valence-corrected chi connectivity index (χ0v) is 14.9. The standard InChI is InChI=1S/C16H13BrN2OS2/c1-9(20)13-14(10-5-3-2-4-6-10)18-16(21)19-15(13)12-7-11(17)8-22-12/h2-8,15H,1H3,(H2,18,19,21)/t15-/m1/s1. The Morgan fingerprint density at radius 2 is 2.05 bits per heavy atom. The SMILES string of the molecule is CC(=O)C1=C(c2ccccc2)NC(=S)N[C@@H]1c1cc(Br)cs1. The summed E-state index contributed by atoms with van der Waals surface area (Å²) >= 11 is 10.4. The molecule has 6 heteroatoms. The molecule has 3 nitrogen and oxygen atoms in total. The predicted octanol–water partition coefficient (Wildman–Crippen LogP) is 4.03. The van der Waals surface area contributed by atoms with Gasteiger partial charge in [0.25, 0.3) is 0 Å². The van der Waals surface area contributed by atoms with Gasteiger partial charge in [0.15, 0.2) is 10.9 Å². The number of carbonyl (C=O) groups is 1. The van der Waals surface area contributed by atoms with Gasteiger partial charge in [-0.3, -0.25) is 4.79 Å². The Morgan fingerprint density at radius 3 is 2.64 bits per heavy atom. The third-order valence-corrected chi connectivity index (χ3v) is 5.36. The third-order valence-electron chi connectivity index (χ3n) is 3.39. The molecule has 1 aromatic carbocycles. The highest BCUT2D eigenvalue weighted by atomic mass is 79.9. The van der Waals surface area contributed by atoms with Crippen LogP contribution >= 0.6 is 39.5 Å². The fraction of sp³-hybridized carbons (Fsp3) is 0.125. The minimum absolute atomic E-state index is 0.0240. The van der Waals surface area contributed by atoms with Gasteiger partial charge in [0.2, 0.25) is 0 Å². The molecule has 2 aromatic rings. The molecule has 1 atom stereocenters. The third kappa shape index (κ3) is 2.99. The molecule has 22 heavy (non-hydrogen) atoms. The van der Waals surface area contributed by atoms with Gasteiger partial charge in [-0.15, -0.1) is 11.3 Å². The van der Waals surface area contributed by atoms with Crippen LogP contribution in [0, 0.1) is 0 Å². The molecule has 1 aromatic heterocycles. The first-order chi connectivity index (χ1) is 10.6. The minimum atomic E-state index is -0.224. The van der Waals surface area contributed by atoms with Gasteiger partial charge >= 0.3 is 0 Å². The lowest BCUT2D eigenvalue weighted by Crippen LogP contribution is -2.44. The van der Waals surface area contributed by atoms with Crippen molar-refractivity contribution >= 4 is 56.1 Å². The number of ketones is 1. The van der Waals surface area contributed by atoms with Crippen molar-refractivity contribution in [1.29, 1.82) is 0 Å². The van der Waals surface area contributed by atoms with Crippen LogP contribution in [-0.4, -0.2) is 10.9 Å². The number of thiocarbonyl (C=S) groups is 1. The van der Waals surface area contributed by atoms with Crippen molar-refractivity contribution in [3.05, 3.63) is 62.3 Å². The maximum atomic E-state index is 12.3. The molecule has 0 fully saturated rings. The molecular weight excluding hydrogens is 380 g/mol. The van der Waals surface area contributed by atoms with Gasteiger partial charge in [-0.25, -0.2) is 0 Å². The van der Waals surface area contributed by atoms with Gasteiger partial charge < -0.3 is 10.6 Å². The van der Waals surface area contributed by atoms with Gasteiger partial charge in [-0.2, -0.15) is 0 Å². The molecule has 3 rings (SSSR count). The van der Waals surface area contributed by atoms with Crippen molar-refractivity contribution in [2.75, 3.05) is 0 Å². The molecule has 0 amide bonds. The number of rotatable bonds is 3. The normalized spacial score (nSPS) is 17.9. The van der Waals surface area contributed by atoms with Gasteiger partial charge in [0.05, 0.1) is 11.7 Å². The van der Waals surface area contributed by atoms with Crippen LogP contribution in [0.1, 0.15) is 23.4 Å². The first kappa shape index (κ1) is 15.4. The molecule has 0 unspecified atom stereocenters. The van der Waals surface area contributed by atoms with Crippen molar-refractivity contribution in [2.45, 2.75) is 13.0 Å². The second kappa shape index (κ2) is 6.32. The lowest BCUT2D eigenvalue weighted by Gasteiger charge is -2.30. The summed E-state index contributed by atoms with van der Waals surface area (Å²) < 4.78 is 1.00. The van der Waals surface area contributed by atoms with E-state index in [1.54, 1.807) is 18.3 Å². The van der Waals surface area contributed by atoms with E-state index in [9.17, 15) is 4.79 Å². The lowest BCUT2D eigenvalue weighted by atomic mass is 9.94. The van der Waals surface area contributed by atoms with Crippen molar-refractivity contribution < 1.29 is 4.79 Å². The fourth-order valence-electron chi connectivity index (χ4n) is 2.47. The van der Waals surface area contributed by atoms with E-state index in [0.717, 1.165) is 20.6 Å². The average molecular weight is 393 g/mol. The summed E-state index contributed by atoms with van der Waals surface area (Å²) in [7, 11) is 0. The summed E-state index contributed by atoms with van der Waals surface area (Å²) in [6.07, 6.45) is 0. The van der Waals surface area contributed by atoms with E-state index in [1.165, 1.54) is 0 Å². The van der Waals surface area contributed by atoms with E-state index in [0.29, 0.717) is 10.7 Å². The Morgan fingerprint density at radius 1 is 1.32 bits per heavy atom. The van der Waals surface area contributed by atoms with Crippen molar-refractivity contribution in [3.8, 4) is 0 Å². The highest BCUT2D eigenvalue weighted by Crippen LogP contribution is 2.35. The van der Waals surface area contributed by atoms with Crippen molar-refractivity contribution in [2.24, 2.45) is 0 Å². The monoisotopic (exact) mass is 392 g/mol. The van der Waals surface area contributed by atoms with Crippen LogP contribution in [0.15, 0.2) is 51.8 Å². The Bertz CT molecular complexity index is 767. The van der Waals surface area contributed by atoms with Crippen LogP contribution < -0.4 is 10.6 Å². The Kier molecular flexibility index (Phi) is 4.42. The molecule has 2 N–H and O–H groups in total. The molecule has 1 aliphatic rings. The maximum Gasteiger partial charge on any atom is 0.171 e. The van der Waals surface area contributed by atoms with Crippen LogP contribution in [0.25, 0.3) is 5.70 Å². The van der Waals surface area contributed by atoms with E-state index < -0.39 is 0 Å². The number of carbonyl (C=O) groups excluding carboxylic acids is 1. The number of nitrogens with one attached hydrogen (secondary N) is 2. The number of hydrogen-bond acceptors (Lipinski definition) is 3. The second-order valence-corrected chi connectivity index (χ2v) is 7.18. The first-order valence-corrected chi connectivity index (χ1v) is 8.76. The summed E-state index contributed by atoms with van der Waals surface area (Å²) in [5.74, 6) is 0.0240. The zero-order valence-electron chi connectivity index (χ0n) is 11.7. The van der Waals surface area contributed by atoms with Gasteiger partial charge in [-0.1, -0.05) is 30.3 Å². The Balaban J connectivity index is 2.17. The number of thiophene rings is 1. The lowest BCUT2D eigenvalue weighted by molar-refractivity contribution is -0.113. The largest absolute Gasteiger partial charge is 0.350 e. The van der Waals surface area contributed by atoms with Crippen molar-refractivity contribution in [3.63, 3.8) is 0 Å².